The van der Waals surface area contributed by atoms with Crippen LogP contribution in [0.5, 0.6) is 0 Å². The Morgan fingerprint density at radius 1 is 1.21 bits per heavy atom. The van der Waals surface area contributed by atoms with Crippen LogP contribution in [0, 0.1) is 19.8 Å². The fourth-order valence-electron chi connectivity index (χ4n) is 3.36. The smallest absolute Gasteiger partial charge is 0.0897 e. The molecule has 1 fully saturated rings. The Labute approximate surface area is 122 Å². The molecule has 0 spiro atoms. The van der Waals surface area contributed by atoms with Gasteiger partial charge < -0.3 is 5.11 Å². The van der Waals surface area contributed by atoms with Gasteiger partial charge in [-0.1, -0.05) is 43.5 Å². The zero-order valence-corrected chi connectivity index (χ0v) is 13.1. The minimum absolute atomic E-state index is 0.635. The van der Waals surface area contributed by atoms with Crippen molar-refractivity contribution < 1.29 is 5.11 Å². The summed E-state index contributed by atoms with van der Waals surface area (Å²) in [5, 5.41) is 11.8. The Hall–Kier alpha value is -0.530. The van der Waals surface area contributed by atoms with Crippen LogP contribution in [0.15, 0.2) is 12.1 Å². The molecule has 0 radical (unpaired) electrons. The highest BCUT2D eigenvalue weighted by Crippen LogP contribution is 2.42. The standard InChI is InChI=1S/C17H25ClO/c1-4-5-14-6-8-17(19,9-7-14)15-10-12(2)16(18)13(3)11-15/h10-11,14,19H,4-9H2,1-3H3. The Bertz CT molecular complexity index is 422. The highest BCUT2D eigenvalue weighted by Gasteiger charge is 2.34. The molecule has 1 saturated carbocycles. The molecular weight excluding hydrogens is 256 g/mol. The SMILES string of the molecule is CCCC1CCC(O)(c2cc(C)c(Cl)c(C)c2)CC1. The fraction of sp³-hybridized carbons (Fsp3) is 0.647. The second-order valence-electron chi connectivity index (χ2n) is 6.19. The van der Waals surface area contributed by atoms with Crippen LogP contribution in [0.1, 0.15) is 62.1 Å². The number of rotatable bonds is 3. The van der Waals surface area contributed by atoms with E-state index in [1.165, 1.54) is 12.8 Å². The van der Waals surface area contributed by atoms with Crippen molar-refractivity contribution in [2.45, 2.75) is 64.9 Å². The summed E-state index contributed by atoms with van der Waals surface area (Å²) in [6, 6.07) is 4.13. The van der Waals surface area contributed by atoms with Gasteiger partial charge in [-0.05, 0) is 62.1 Å². The molecule has 1 N–H and O–H groups in total. The summed E-state index contributed by atoms with van der Waals surface area (Å²) in [5.74, 6) is 0.805. The summed E-state index contributed by atoms with van der Waals surface area (Å²) in [4.78, 5) is 0. The molecule has 0 heterocycles. The molecule has 0 unspecified atom stereocenters. The third kappa shape index (κ3) is 3.14. The summed E-state index contributed by atoms with van der Waals surface area (Å²) in [7, 11) is 0. The molecule has 0 bridgehead atoms. The van der Waals surface area contributed by atoms with E-state index in [9.17, 15) is 5.11 Å². The fourth-order valence-corrected chi connectivity index (χ4v) is 3.46. The normalized spacial score (nSPS) is 27.5. The number of hydrogen-bond donors (Lipinski definition) is 1. The van der Waals surface area contributed by atoms with Crippen molar-refractivity contribution in [1.82, 2.24) is 0 Å². The first-order chi connectivity index (χ1) is 8.96. The molecule has 1 aliphatic rings. The quantitative estimate of drug-likeness (QED) is 0.813. The van der Waals surface area contributed by atoms with Crippen LogP contribution < -0.4 is 0 Å². The number of aliphatic hydroxyl groups is 1. The zero-order valence-electron chi connectivity index (χ0n) is 12.3. The molecular formula is C17H25ClO. The maximum atomic E-state index is 10.9. The summed E-state index contributed by atoms with van der Waals surface area (Å²) in [6.45, 7) is 6.28. The molecule has 19 heavy (non-hydrogen) atoms. The molecule has 1 aromatic carbocycles. The molecule has 0 atom stereocenters. The zero-order chi connectivity index (χ0) is 14.0. The lowest BCUT2D eigenvalue weighted by Crippen LogP contribution is -2.31. The first-order valence-corrected chi connectivity index (χ1v) is 7.83. The van der Waals surface area contributed by atoms with Crippen molar-refractivity contribution >= 4 is 11.6 Å². The van der Waals surface area contributed by atoms with Gasteiger partial charge in [-0.3, -0.25) is 0 Å². The minimum Gasteiger partial charge on any atom is -0.385 e. The molecule has 2 rings (SSSR count). The van der Waals surface area contributed by atoms with Gasteiger partial charge in [0.2, 0.25) is 0 Å². The average molecular weight is 281 g/mol. The van der Waals surface area contributed by atoms with Gasteiger partial charge >= 0.3 is 0 Å². The van der Waals surface area contributed by atoms with Gasteiger partial charge in [-0.25, -0.2) is 0 Å². The molecule has 0 saturated heterocycles. The molecule has 0 aliphatic heterocycles. The van der Waals surface area contributed by atoms with Crippen LogP contribution in [-0.4, -0.2) is 5.11 Å². The van der Waals surface area contributed by atoms with Crippen molar-refractivity contribution in [2.75, 3.05) is 0 Å². The lowest BCUT2D eigenvalue weighted by atomic mass is 9.73. The van der Waals surface area contributed by atoms with E-state index in [2.05, 4.69) is 19.1 Å². The van der Waals surface area contributed by atoms with Crippen molar-refractivity contribution in [3.05, 3.63) is 33.8 Å². The molecule has 1 aromatic rings. The van der Waals surface area contributed by atoms with Gasteiger partial charge in [0, 0.05) is 5.02 Å². The Morgan fingerprint density at radius 3 is 2.21 bits per heavy atom. The van der Waals surface area contributed by atoms with E-state index in [-0.39, 0.29) is 0 Å². The molecule has 0 aromatic heterocycles. The van der Waals surface area contributed by atoms with Crippen molar-refractivity contribution in [2.24, 2.45) is 5.92 Å². The van der Waals surface area contributed by atoms with Crippen LogP contribution in [0.3, 0.4) is 0 Å². The predicted octanol–water partition coefficient (Wildman–Crippen LogP) is 5.13. The van der Waals surface area contributed by atoms with Gasteiger partial charge in [0.05, 0.1) is 5.60 Å². The summed E-state index contributed by atoms with van der Waals surface area (Å²) < 4.78 is 0. The summed E-state index contributed by atoms with van der Waals surface area (Å²) in [5.41, 5.74) is 2.56. The highest BCUT2D eigenvalue weighted by molar-refractivity contribution is 6.32. The van der Waals surface area contributed by atoms with E-state index in [0.29, 0.717) is 0 Å². The molecule has 106 valence electrons. The number of halogens is 1. The first-order valence-electron chi connectivity index (χ1n) is 7.46. The Balaban J connectivity index is 2.18. The average Bonchev–Trinajstić information content (AvgIpc) is 2.38. The molecule has 1 aliphatic carbocycles. The third-order valence-corrected chi connectivity index (χ3v) is 5.20. The van der Waals surface area contributed by atoms with Crippen LogP contribution in [0.25, 0.3) is 0 Å². The second-order valence-corrected chi connectivity index (χ2v) is 6.57. The number of hydrogen-bond acceptors (Lipinski definition) is 1. The summed E-state index contributed by atoms with van der Waals surface area (Å²) in [6.07, 6.45) is 6.61. The van der Waals surface area contributed by atoms with Gasteiger partial charge in [-0.2, -0.15) is 0 Å². The number of aryl methyl sites for hydroxylation is 2. The lowest BCUT2D eigenvalue weighted by molar-refractivity contribution is -0.0153. The highest BCUT2D eigenvalue weighted by atomic mass is 35.5. The maximum absolute atomic E-state index is 10.9. The van der Waals surface area contributed by atoms with Gasteiger partial charge in [0.1, 0.15) is 0 Å². The Morgan fingerprint density at radius 2 is 1.74 bits per heavy atom. The number of benzene rings is 1. The topological polar surface area (TPSA) is 20.2 Å². The summed E-state index contributed by atoms with van der Waals surface area (Å²) >= 11 is 6.22. The second kappa shape index (κ2) is 5.85. The van der Waals surface area contributed by atoms with E-state index in [4.69, 9.17) is 11.6 Å². The van der Waals surface area contributed by atoms with Crippen molar-refractivity contribution in [1.29, 1.82) is 0 Å². The third-order valence-electron chi connectivity index (χ3n) is 4.60. The van der Waals surface area contributed by atoms with Gasteiger partial charge in [-0.15, -0.1) is 0 Å². The Kier molecular flexibility index (Phi) is 4.58. The van der Waals surface area contributed by atoms with Crippen LogP contribution in [-0.2, 0) is 5.60 Å². The monoisotopic (exact) mass is 280 g/mol. The van der Waals surface area contributed by atoms with Gasteiger partial charge in [0.25, 0.3) is 0 Å². The lowest BCUT2D eigenvalue weighted by Gasteiger charge is -2.37. The first kappa shape index (κ1) is 14.9. The van der Waals surface area contributed by atoms with E-state index in [1.807, 2.05) is 13.8 Å². The van der Waals surface area contributed by atoms with Gasteiger partial charge in [0.15, 0.2) is 0 Å². The largest absolute Gasteiger partial charge is 0.385 e. The van der Waals surface area contributed by atoms with E-state index in [1.54, 1.807) is 0 Å². The molecule has 2 heteroatoms. The molecule has 1 nitrogen and oxygen atoms in total. The predicted molar refractivity (Wildman–Crippen MR) is 81.7 cm³/mol. The molecule has 0 amide bonds. The van der Waals surface area contributed by atoms with Crippen molar-refractivity contribution in [3.8, 4) is 0 Å². The van der Waals surface area contributed by atoms with E-state index >= 15 is 0 Å². The maximum Gasteiger partial charge on any atom is 0.0897 e. The van der Waals surface area contributed by atoms with Crippen LogP contribution in [0.2, 0.25) is 5.02 Å². The van der Waals surface area contributed by atoms with E-state index in [0.717, 1.165) is 53.3 Å². The minimum atomic E-state index is -0.635. The van der Waals surface area contributed by atoms with Crippen LogP contribution in [0.4, 0.5) is 0 Å². The van der Waals surface area contributed by atoms with Crippen molar-refractivity contribution in [3.63, 3.8) is 0 Å². The van der Waals surface area contributed by atoms with Crippen LogP contribution >= 0.6 is 11.6 Å². The van der Waals surface area contributed by atoms with E-state index < -0.39 is 5.60 Å².